The van der Waals surface area contributed by atoms with E-state index in [9.17, 15) is 4.79 Å². The number of pyridine rings is 1. The van der Waals surface area contributed by atoms with Gasteiger partial charge >= 0.3 is 0 Å². The smallest absolute Gasteiger partial charge is 0.218 e. The molecule has 0 aliphatic rings. The molecule has 0 aliphatic carbocycles. The van der Waals surface area contributed by atoms with Crippen molar-refractivity contribution in [3.63, 3.8) is 0 Å². The number of benzene rings is 1. The fourth-order valence-electron chi connectivity index (χ4n) is 2.17. The summed E-state index contributed by atoms with van der Waals surface area (Å²) in [6, 6.07) is 14.4. The van der Waals surface area contributed by atoms with Crippen LogP contribution >= 0.6 is 0 Å². The van der Waals surface area contributed by atoms with E-state index in [-0.39, 0.29) is 11.9 Å². The van der Waals surface area contributed by atoms with Crippen LogP contribution in [-0.2, 0) is 11.2 Å². The van der Waals surface area contributed by atoms with Crippen LogP contribution in [0.3, 0.4) is 0 Å². The molecule has 2 aromatic rings. The summed E-state index contributed by atoms with van der Waals surface area (Å²) in [6.07, 6.45) is 5.14. The molecular formula is C18H22N2O. The monoisotopic (exact) mass is 282 g/mol. The minimum Gasteiger partial charge on any atom is -0.354 e. The van der Waals surface area contributed by atoms with Gasteiger partial charge in [-0.25, -0.2) is 0 Å². The van der Waals surface area contributed by atoms with Crippen LogP contribution in [0.15, 0.2) is 54.9 Å². The first-order chi connectivity index (χ1) is 10.1. The molecule has 2 rings (SSSR count). The molecule has 1 N–H and O–H groups in total. The highest BCUT2D eigenvalue weighted by Gasteiger charge is 2.08. The van der Waals surface area contributed by atoms with E-state index in [0.29, 0.717) is 6.42 Å². The van der Waals surface area contributed by atoms with Gasteiger partial charge in [-0.1, -0.05) is 48.0 Å². The minimum absolute atomic E-state index is 0.0477. The Morgan fingerprint density at radius 2 is 1.86 bits per heavy atom. The molecule has 1 atom stereocenters. The van der Waals surface area contributed by atoms with E-state index in [1.54, 1.807) is 0 Å². The Hall–Kier alpha value is -2.29. The molecule has 1 heterocycles. The normalized spacial score (nSPS) is 11.7. The highest BCUT2D eigenvalue weighted by molar-refractivity contribution is 5.76. The van der Waals surface area contributed by atoms with Crippen molar-refractivity contribution in [3.05, 3.63) is 72.5 Å². The maximum atomic E-state index is 11.9. The van der Waals surface area contributed by atoms with Gasteiger partial charge in [0, 0.05) is 6.04 Å². The third-order valence-corrected chi connectivity index (χ3v) is 3.30. The summed E-state index contributed by atoms with van der Waals surface area (Å²) in [7, 11) is 0. The number of nitrogens with one attached hydrogen (secondary N) is 1. The van der Waals surface area contributed by atoms with Crippen molar-refractivity contribution in [3.8, 4) is 0 Å². The second-order valence-electron chi connectivity index (χ2n) is 5.37. The van der Waals surface area contributed by atoms with Gasteiger partial charge in [-0.3, -0.25) is 4.79 Å². The van der Waals surface area contributed by atoms with Crippen LogP contribution in [0.2, 0.25) is 0 Å². The van der Waals surface area contributed by atoms with Gasteiger partial charge in [0.05, 0.1) is 25.4 Å². The van der Waals surface area contributed by atoms with Crippen molar-refractivity contribution in [2.75, 3.05) is 0 Å². The summed E-state index contributed by atoms with van der Waals surface area (Å²) in [5.74, 6) is 0.0477. The van der Waals surface area contributed by atoms with Gasteiger partial charge < -0.3 is 9.88 Å². The van der Waals surface area contributed by atoms with Crippen molar-refractivity contribution < 1.29 is 9.36 Å². The zero-order chi connectivity index (χ0) is 15.1. The standard InChI is InChI=1S/C18H22N2O/c1-15-8-11-20(12-9-15)13-10-18(21)19-16(2)14-17-6-4-3-5-7-17/h3-9,11-13,16H,10,14H2,1-2H3,(H,19,21)/t16-/m0/s1. The number of amides is 1. The second-order valence-corrected chi connectivity index (χ2v) is 5.37. The summed E-state index contributed by atoms with van der Waals surface area (Å²) < 4.78 is 1.91. The number of aryl methyl sites for hydroxylation is 1. The molecule has 0 saturated carbocycles. The molecule has 0 radical (unpaired) electrons. The van der Waals surface area contributed by atoms with Crippen LogP contribution in [0.25, 0.3) is 0 Å². The van der Waals surface area contributed by atoms with Crippen LogP contribution in [0.4, 0.5) is 0 Å². The molecule has 0 bridgehead atoms. The largest absolute Gasteiger partial charge is 0.354 e. The number of hydrogen-bond donors (Lipinski definition) is 1. The van der Waals surface area contributed by atoms with Gasteiger partial charge in [-0.2, -0.15) is 0 Å². The SMILES string of the molecule is Cc1cc[n+]([CH-]CC(=O)N[C@@H](C)Cc2ccccc2)cc1. The third-order valence-electron chi connectivity index (χ3n) is 3.30. The molecule has 1 amide bonds. The predicted octanol–water partition coefficient (Wildman–Crippen LogP) is 2.43. The molecule has 0 spiro atoms. The van der Waals surface area contributed by atoms with Gasteiger partial charge in [-0.15, -0.1) is 0 Å². The number of rotatable bonds is 6. The van der Waals surface area contributed by atoms with E-state index in [1.807, 2.05) is 67.7 Å². The van der Waals surface area contributed by atoms with Gasteiger partial charge in [-0.05, 0) is 25.8 Å². The van der Waals surface area contributed by atoms with Gasteiger partial charge in [0.15, 0.2) is 0 Å². The number of aromatic nitrogens is 1. The number of carbonyl (C=O) groups is 1. The van der Waals surface area contributed by atoms with Gasteiger partial charge in [0.2, 0.25) is 5.91 Å². The lowest BCUT2D eigenvalue weighted by molar-refractivity contribution is -0.633. The molecule has 3 heteroatoms. The summed E-state index contributed by atoms with van der Waals surface area (Å²) in [5.41, 5.74) is 2.45. The van der Waals surface area contributed by atoms with E-state index >= 15 is 0 Å². The van der Waals surface area contributed by atoms with Crippen LogP contribution in [0.5, 0.6) is 0 Å². The topological polar surface area (TPSA) is 33.0 Å². The lowest BCUT2D eigenvalue weighted by atomic mass is 10.1. The first-order valence-corrected chi connectivity index (χ1v) is 7.27. The Balaban J connectivity index is 1.75. The highest BCUT2D eigenvalue weighted by Crippen LogP contribution is 2.03. The van der Waals surface area contributed by atoms with E-state index in [1.165, 1.54) is 11.1 Å². The number of carbonyl (C=O) groups excluding carboxylic acids is 1. The lowest BCUT2D eigenvalue weighted by Gasteiger charge is -2.14. The van der Waals surface area contributed by atoms with Crippen molar-refractivity contribution in [1.29, 1.82) is 0 Å². The zero-order valence-electron chi connectivity index (χ0n) is 12.6. The number of nitrogens with zero attached hydrogens (tertiary/aromatic N) is 1. The maximum Gasteiger partial charge on any atom is 0.218 e. The Kier molecular flexibility index (Phi) is 5.38. The summed E-state index contributed by atoms with van der Waals surface area (Å²) in [4.78, 5) is 11.9. The lowest BCUT2D eigenvalue weighted by Crippen LogP contribution is -2.38. The molecule has 0 aliphatic heterocycles. The Bertz CT molecular complexity index is 564. The fraction of sp³-hybridized carbons (Fsp3) is 0.278. The minimum atomic E-state index is 0.0477. The number of hydrogen-bond acceptors (Lipinski definition) is 1. The van der Waals surface area contributed by atoms with E-state index in [4.69, 9.17) is 0 Å². The first-order valence-electron chi connectivity index (χ1n) is 7.27. The molecule has 0 unspecified atom stereocenters. The van der Waals surface area contributed by atoms with Crippen LogP contribution < -0.4 is 9.88 Å². The van der Waals surface area contributed by atoms with Gasteiger partial charge in [0.1, 0.15) is 0 Å². The zero-order valence-corrected chi connectivity index (χ0v) is 12.6. The van der Waals surface area contributed by atoms with E-state index in [2.05, 4.69) is 17.4 Å². The van der Waals surface area contributed by atoms with Crippen molar-refractivity contribution in [1.82, 2.24) is 5.32 Å². The quantitative estimate of drug-likeness (QED) is 0.640. The summed E-state index contributed by atoms with van der Waals surface area (Å²) >= 11 is 0. The van der Waals surface area contributed by atoms with E-state index in [0.717, 1.165) is 6.42 Å². The molecule has 1 aromatic heterocycles. The van der Waals surface area contributed by atoms with Gasteiger partial charge in [0.25, 0.3) is 0 Å². The predicted molar refractivity (Wildman–Crippen MR) is 83.4 cm³/mol. The Morgan fingerprint density at radius 3 is 2.52 bits per heavy atom. The molecule has 0 fully saturated rings. The molecule has 0 saturated heterocycles. The molecule has 110 valence electrons. The van der Waals surface area contributed by atoms with Crippen molar-refractivity contribution in [2.24, 2.45) is 0 Å². The molecule has 21 heavy (non-hydrogen) atoms. The first kappa shape index (κ1) is 15.1. The Morgan fingerprint density at radius 1 is 1.19 bits per heavy atom. The van der Waals surface area contributed by atoms with E-state index < -0.39 is 0 Å². The summed E-state index contributed by atoms with van der Waals surface area (Å²) in [5, 5.41) is 3.03. The molecule has 1 aromatic carbocycles. The van der Waals surface area contributed by atoms with Crippen molar-refractivity contribution >= 4 is 5.91 Å². The average molecular weight is 282 g/mol. The molecule has 3 nitrogen and oxygen atoms in total. The maximum absolute atomic E-state index is 11.9. The average Bonchev–Trinajstić information content (AvgIpc) is 2.47. The third kappa shape index (κ3) is 5.30. The highest BCUT2D eigenvalue weighted by atomic mass is 16.1. The molecular weight excluding hydrogens is 260 g/mol. The second kappa shape index (κ2) is 7.48. The van der Waals surface area contributed by atoms with Crippen LogP contribution in [0.1, 0.15) is 24.5 Å². The Labute approximate surface area is 126 Å². The van der Waals surface area contributed by atoms with Crippen LogP contribution in [0, 0.1) is 13.5 Å². The van der Waals surface area contributed by atoms with Crippen LogP contribution in [-0.4, -0.2) is 11.9 Å². The summed E-state index contributed by atoms with van der Waals surface area (Å²) in [6.45, 7) is 5.95. The van der Waals surface area contributed by atoms with Crippen molar-refractivity contribution in [2.45, 2.75) is 32.7 Å². The fourth-order valence-corrected chi connectivity index (χ4v) is 2.17.